The highest BCUT2D eigenvalue weighted by atomic mass is 16.2. The molecule has 1 unspecified atom stereocenters. The molecule has 1 amide bonds. The fraction of sp³-hybridized carbons (Fsp3) is 0.533. The quantitative estimate of drug-likeness (QED) is 0.888. The number of likely N-dealkylation sites (N-methyl/N-ethyl adjacent to an activating group) is 1. The van der Waals surface area contributed by atoms with Crippen LogP contribution in [0.25, 0.3) is 0 Å². The SMILES string of the molecule is CCNC1CCCN(c2cccc(C)c2C)C1=O. The van der Waals surface area contributed by atoms with Crippen molar-refractivity contribution >= 4 is 11.6 Å². The highest BCUT2D eigenvalue weighted by molar-refractivity contribution is 5.98. The van der Waals surface area contributed by atoms with Gasteiger partial charge in [0.15, 0.2) is 0 Å². The minimum absolute atomic E-state index is 0.0105. The molecule has 0 aliphatic carbocycles. The standard InChI is InChI=1S/C15H22N2O/c1-4-16-13-8-6-10-17(15(13)18)14-9-5-7-11(2)12(14)3/h5,7,9,13,16H,4,6,8,10H2,1-3H3. The summed E-state index contributed by atoms with van der Waals surface area (Å²) in [6, 6.07) is 6.16. The average molecular weight is 246 g/mol. The molecular formula is C15H22N2O. The lowest BCUT2D eigenvalue weighted by Crippen LogP contribution is -2.51. The summed E-state index contributed by atoms with van der Waals surface area (Å²) in [7, 11) is 0. The van der Waals surface area contributed by atoms with Gasteiger partial charge in [-0.2, -0.15) is 0 Å². The Labute approximate surface area is 109 Å². The van der Waals surface area contributed by atoms with Crippen LogP contribution < -0.4 is 10.2 Å². The van der Waals surface area contributed by atoms with E-state index in [0.717, 1.165) is 31.6 Å². The number of carbonyl (C=O) groups excluding carboxylic acids is 1. The van der Waals surface area contributed by atoms with Gasteiger partial charge in [-0.05, 0) is 50.4 Å². The van der Waals surface area contributed by atoms with Gasteiger partial charge in [0.05, 0.1) is 6.04 Å². The van der Waals surface area contributed by atoms with E-state index in [1.807, 2.05) is 17.9 Å². The third-order valence-electron chi connectivity index (χ3n) is 3.76. The zero-order valence-corrected chi connectivity index (χ0v) is 11.5. The number of hydrogen-bond acceptors (Lipinski definition) is 2. The maximum atomic E-state index is 12.4. The molecule has 1 aromatic carbocycles. The predicted octanol–water partition coefficient (Wildman–Crippen LogP) is 2.41. The number of piperidine rings is 1. The lowest BCUT2D eigenvalue weighted by atomic mass is 10.0. The summed E-state index contributed by atoms with van der Waals surface area (Å²) in [6.45, 7) is 7.91. The van der Waals surface area contributed by atoms with E-state index in [2.05, 4.69) is 31.3 Å². The largest absolute Gasteiger partial charge is 0.311 e. The third-order valence-corrected chi connectivity index (χ3v) is 3.76. The van der Waals surface area contributed by atoms with Crippen LogP contribution in [0.4, 0.5) is 5.69 Å². The molecule has 18 heavy (non-hydrogen) atoms. The summed E-state index contributed by atoms with van der Waals surface area (Å²) in [5.41, 5.74) is 3.52. The van der Waals surface area contributed by atoms with Crippen molar-refractivity contribution in [3.05, 3.63) is 29.3 Å². The Morgan fingerprint density at radius 1 is 1.39 bits per heavy atom. The average Bonchev–Trinajstić information content (AvgIpc) is 2.36. The maximum Gasteiger partial charge on any atom is 0.244 e. The molecule has 1 aromatic rings. The molecule has 98 valence electrons. The second-order valence-corrected chi connectivity index (χ2v) is 4.96. The molecule has 0 spiro atoms. The molecule has 3 nitrogen and oxygen atoms in total. The van der Waals surface area contributed by atoms with E-state index in [4.69, 9.17) is 0 Å². The lowest BCUT2D eigenvalue weighted by Gasteiger charge is -2.33. The van der Waals surface area contributed by atoms with E-state index in [1.165, 1.54) is 11.1 Å². The van der Waals surface area contributed by atoms with E-state index in [1.54, 1.807) is 0 Å². The highest BCUT2D eigenvalue weighted by Crippen LogP contribution is 2.26. The second-order valence-electron chi connectivity index (χ2n) is 4.96. The molecule has 1 aliphatic heterocycles. The molecule has 1 N–H and O–H groups in total. The van der Waals surface area contributed by atoms with Crippen molar-refractivity contribution in [2.75, 3.05) is 18.0 Å². The Hall–Kier alpha value is -1.35. The van der Waals surface area contributed by atoms with E-state index in [0.29, 0.717) is 0 Å². The van der Waals surface area contributed by atoms with Crippen molar-refractivity contribution < 1.29 is 4.79 Å². The summed E-state index contributed by atoms with van der Waals surface area (Å²) >= 11 is 0. The highest BCUT2D eigenvalue weighted by Gasteiger charge is 2.29. The monoisotopic (exact) mass is 246 g/mol. The van der Waals surface area contributed by atoms with Crippen LogP contribution in [0.3, 0.4) is 0 Å². The van der Waals surface area contributed by atoms with Gasteiger partial charge in [0.1, 0.15) is 0 Å². The van der Waals surface area contributed by atoms with Gasteiger partial charge in [-0.15, -0.1) is 0 Å². The van der Waals surface area contributed by atoms with Gasteiger partial charge in [-0.1, -0.05) is 19.1 Å². The molecule has 0 radical (unpaired) electrons. The molecule has 0 saturated carbocycles. The summed E-state index contributed by atoms with van der Waals surface area (Å²) in [4.78, 5) is 14.4. The molecule has 1 heterocycles. The van der Waals surface area contributed by atoms with Gasteiger partial charge in [-0.25, -0.2) is 0 Å². The number of nitrogens with one attached hydrogen (secondary N) is 1. The summed E-state index contributed by atoms with van der Waals surface area (Å²) in [5.74, 6) is 0.219. The number of rotatable bonds is 3. The fourth-order valence-corrected chi connectivity index (χ4v) is 2.58. The fourth-order valence-electron chi connectivity index (χ4n) is 2.58. The van der Waals surface area contributed by atoms with Crippen LogP contribution >= 0.6 is 0 Å². The first-order valence-corrected chi connectivity index (χ1v) is 6.76. The summed E-state index contributed by atoms with van der Waals surface area (Å²) in [6.07, 6.45) is 2.02. The van der Waals surface area contributed by atoms with E-state index < -0.39 is 0 Å². The van der Waals surface area contributed by atoms with Gasteiger partial charge in [0.25, 0.3) is 0 Å². The first kappa shape index (κ1) is 13.1. The first-order valence-electron chi connectivity index (χ1n) is 6.76. The van der Waals surface area contributed by atoms with Gasteiger partial charge in [-0.3, -0.25) is 4.79 Å². The third kappa shape index (κ3) is 2.41. The molecule has 0 bridgehead atoms. The Morgan fingerprint density at radius 3 is 2.89 bits per heavy atom. The van der Waals surface area contributed by atoms with Gasteiger partial charge in [0, 0.05) is 12.2 Å². The van der Waals surface area contributed by atoms with Gasteiger partial charge >= 0.3 is 0 Å². The van der Waals surface area contributed by atoms with Crippen molar-refractivity contribution in [3.63, 3.8) is 0 Å². The Bertz CT molecular complexity index is 440. The molecular weight excluding hydrogens is 224 g/mol. The summed E-state index contributed by atoms with van der Waals surface area (Å²) < 4.78 is 0. The van der Waals surface area contributed by atoms with Crippen molar-refractivity contribution in [2.45, 2.75) is 39.7 Å². The normalized spacial score (nSPS) is 20.3. The van der Waals surface area contributed by atoms with Crippen molar-refractivity contribution in [2.24, 2.45) is 0 Å². The molecule has 1 saturated heterocycles. The smallest absolute Gasteiger partial charge is 0.244 e. The summed E-state index contributed by atoms with van der Waals surface area (Å²) in [5, 5.41) is 3.28. The minimum atomic E-state index is -0.0105. The number of nitrogens with zero attached hydrogens (tertiary/aromatic N) is 1. The topological polar surface area (TPSA) is 32.3 Å². The number of anilines is 1. The van der Waals surface area contributed by atoms with Crippen LogP contribution in [-0.4, -0.2) is 25.0 Å². The Morgan fingerprint density at radius 2 is 2.17 bits per heavy atom. The van der Waals surface area contributed by atoms with Crippen LogP contribution in [0.2, 0.25) is 0 Å². The molecule has 0 aromatic heterocycles. The van der Waals surface area contributed by atoms with E-state index in [-0.39, 0.29) is 11.9 Å². The van der Waals surface area contributed by atoms with E-state index >= 15 is 0 Å². The molecule has 1 aliphatic rings. The zero-order valence-electron chi connectivity index (χ0n) is 11.5. The number of benzene rings is 1. The first-order chi connectivity index (χ1) is 8.65. The molecule has 1 atom stereocenters. The van der Waals surface area contributed by atoms with Crippen molar-refractivity contribution in [1.29, 1.82) is 0 Å². The molecule has 3 heteroatoms. The van der Waals surface area contributed by atoms with E-state index in [9.17, 15) is 4.79 Å². The Kier molecular flexibility index (Phi) is 4.02. The molecule has 2 rings (SSSR count). The van der Waals surface area contributed by atoms with Crippen LogP contribution in [0.1, 0.15) is 30.9 Å². The van der Waals surface area contributed by atoms with Crippen LogP contribution in [-0.2, 0) is 4.79 Å². The maximum absolute atomic E-state index is 12.4. The number of carbonyl (C=O) groups is 1. The number of hydrogen-bond donors (Lipinski definition) is 1. The van der Waals surface area contributed by atoms with Crippen LogP contribution in [0.5, 0.6) is 0 Å². The van der Waals surface area contributed by atoms with Crippen molar-refractivity contribution in [3.8, 4) is 0 Å². The molecule has 1 fully saturated rings. The minimum Gasteiger partial charge on any atom is -0.311 e. The predicted molar refractivity (Wildman–Crippen MR) is 75.0 cm³/mol. The van der Waals surface area contributed by atoms with Gasteiger partial charge < -0.3 is 10.2 Å². The number of amides is 1. The number of aryl methyl sites for hydroxylation is 1. The van der Waals surface area contributed by atoms with Gasteiger partial charge in [0.2, 0.25) is 5.91 Å². The zero-order chi connectivity index (χ0) is 13.1. The van der Waals surface area contributed by atoms with Crippen LogP contribution in [0.15, 0.2) is 18.2 Å². The Balaban J connectivity index is 2.27. The second kappa shape index (κ2) is 5.53. The van der Waals surface area contributed by atoms with Crippen molar-refractivity contribution in [1.82, 2.24) is 5.32 Å². The van der Waals surface area contributed by atoms with Crippen LogP contribution in [0, 0.1) is 13.8 Å². The lowest BCUT2D eigenvalue weighted by molar-refractivity contribution is -0.121.